The van der Waals surface area contributed by atoms with Gasteiger partial charge in [-0.1, -0.05) is 19.8 Å². The fraction of sp³-hybridized carbons (Fsp3) is 1.00. The van der Waals surface area contributed by atoms with Gasteiger partial charge in [-0.15, -0.1) is 0 Å². The fourth-order valence-corrected chi connectivity index (χ4v) is 2.00. The Labute approximate surface area is 82.3 Å². The molecule has 1 aliphatic rings. The zero-order valence-electron chi connectivity index (χ0n) is 8.89. The smallest absolute Gasteiger partial charge is 0.00721 e. The molecule has 0 unspecified atom stereocenters. The summed E-state index contributed by atoms with van der Waals surface area (Å²) in [7, 11) is 0. The largest absolute Gasteiger partial charge is 0.330 e. The molecule has 78 valence electrons. The molecule has 0 heterocycles. The van der Waals surface area contributed by atoms with Crippen LogP contribution in [0, 0.1) is 5.92 Å². The van der Waals surface area contributed by atoms with Crippen molar-refractivity contribution in [3.05, 3.63) is 0 Å². The highest BCUT2D eigenvalue weighted by molar-refractivity contribution is 4.81. The van der Waals surface area contributed by atoms with Gasteiger partial charge in [0.05, 0.1) is 0 Å². The average molecular weight is 184 g/mol. The van der Waals surface area contributed by atoms with Gasteiger partial charge >= 0.3 is 0 Å². The Morgan fingerprint density at radius 1 is 1.15 bits per heavy atom. The van der Waals surface area contributed by atoms with E-state index in [1.54, 1.807) is 0 Å². The molecule has 0 aromatic heterocycles. The first-order chi connectivity index (χ1) is 6.33. The van der Waals surface area contributed by atoms with E-state index in [9.17, 15) is 0 Å². The van der Waals surface area contributed by atoms with E-state index >= 15 is 0 Å². The van der Waals surface area contributed by atoms with Gasteiger partial charge < -0.3 is 11.1 Å². The molecule has 1 fully saturated rings. The van der Waals surface area contributed by atoms with Crippen LogP contribution in [0.2, 0.25) is 0 Å². The predicted molar refractivity (Wildman–Crippen MR) is 57.7 cm³/mol. The van der Waals surface area contributed by atoms with Crippen molar-refractivity contribution in [3.63, 3.8) is 0 Å². The van der Waals surface area contributed by atoms with Crippen LogP contribution in [-0.4, -0.2) is 19.1 Å². The molecule has 2 nitrogen and oxygen atoms in total. The quantitative estimate of drug-likeness (QED) is 0.593. The van der Waals surface area contributed by atoms with Crippen molar-refractivity contribution in [2.45, 2.75) is 51.5 Å². The lowest BCUT2D eigenvalue weighted by atomic mass is 9.82. The Bertz CT molecular complexity index is 119. The van der Waals surface area contributed by atoms with E-state index in [1.807, 2.05) is 0 Å². The van der Waals surface area contributed by atoms with Gasteiger partial charge in [0.25, 0.3) is 0 Å². The minimum atomic E-state index is 0.838. The molecule has 0 amide bonds. The van der Waals surface area contributed by atoms with E-state index in [4.69, 9.17) is 5.73 Å². The summed E-state index contributed by atoms with van der Waals surface area (Å²) in [6.45, 7) is 4.40. The molecule has 0 spiro atoms. The van der Waals surface area contributed by atoms with Gasteiger partial charge in [-0.2, -0.15) is 0 Å². The number of nitrogens with two attached hydrogens (primary N) is 1. The van der Waals surface area contributed by atoms with E-state index in [1.165, 1.54) is 45.1 Å². The van der Waals surface area contributed by atoms with Gasteiger partial charge in [0.1, 0.15) is 0 Å². The maximum absolute atomic E-state index is 5.42. The van der Waals surface area contributed by atoms with Crippen LogP contribution in [-0.2, 0) is 0 Å². The molecule has 3 N–H and O–H groups in total. The summed E-state index contributed by atoms with van der Waals surface area (Å²) in [5.41, 5.74) is 5.42. The second kappa shape index (κ2) is 6.39. The topological polar surface area (TPSA) is 38.0 Å². The van der Waals surface area contributed by atoms with E-state index in [0.717, 1.165) is 18.5 Å². The predicted octanol–water partition coefficient (Wildman–Crippen LogP) is 1.89. The van der Waals surface area contributed by atoms with Crippen LogP contribution in [0.15, 0.2) is 0 Å². The third-order valence-electron chi connectivity index (χ3n) is 2.94. The standard InChI is InChI=1S/C11H24N2/c1-10-8-11(9-10)13-7-5-3-2-4-6-12/h10-11,13H,2-9,12H2,1H3. The molecule has 0 aromatic carbocycles. The first kappa shape index (κ1) is 11.0. The third-order valence-corrected chi connectivity index (χ3v) is 2.94. The molecule has 1 aliphatic carbocycles. The average Bonchev–Trinajstić information content (AvgIpc) is 2.07. The summed E-state index contributed by atoms with van der Waals surface area (Å²) >= 11 is 0. The van der Waals surface area contributed by atoms with Crippen molar-refractivity contribution in [3.8, 4) is 0 Å². The number of hydrogen-bond donors (Lipinski definition) is 2. The molecule has 0 aromatic rings. The summed E-state index contributed by atoms with van der Waals surface area (Å²) < 4.78 is 0. The first-order valence-corrected chi connectivity index (χ1v) is 5.76. The van der Waals surface area contributed by atoms with Gasteiger partial charge in [-0.05, 0) is 44.7 Å². The Balaban J connectivity index is 1.74. The minimum Gasteiger partial charge on any atom is -0.330 e. The van der Waals surface area contributed by atoms with Gasteiger partial charge in [0.2, 0.25) is 0 Å². The van der Waals surface area contributed by atoms with Crippen molar-refractivity contribution >= 4 is 0 Å². The van der Waals surface area contributed by atoms with Crippen molar-refractivity contribution in [1.29, 1.82) is 0 Å². The lowest BCUT2D eigenvalue weighted by molar-refractivity contribution is 0.241. The summed E-state index contributed by atoms with van der Waals surface area (Å²) in [4.78, 5) is 0. The van der Waals surface area contributed by atoms with Crippen LogP contribution in [0.25, 0.3) is 0 Å². The Hall–Kier alpha value is -0.0800. The van der Waals surface area contributed by atoms with Gasteiger partial charge in [0.15, 0.2) is 0 Å². The normalized spacial score (nSPS) is 27.2. The van der Waals surface area contributed by atoms with E-state index in [-0.39, 0.29) is 0 Å². The van der Waals surface area contributed by atoms with Crippen LogP contribution in [0.4, 0.5) is 0 Å². The Morgan fingerprint density at radius 2 is 1.85 bits per heavy atom. The van der Waals surface area contributed by atoms with Crippen molar-refractivity contribution < 1.29 is 0 Å². The lowest BCUT2D eigenvalue weighted by Crippen LogP contribution is -2.40. The highest BCUT2D eigenvalue weighted by Crippen LogP contribution is 2.25. The summed E-state index contributed by atoms with van der Waals surface area (Å²) in [6, 6.07) is 0.838. The maximum atomic E-state index is 5.42. The van der Waals surface area contributed by atoms with Crippen LogP contribution < -0.4 is 11.1 Å². The number of nitrogens with one attached hydrogen (secondary N) is 1. The van der Waals surface area contributed by atoms with Crippen molar-refractivity contribution in [2.24, 2.45) is 11.7 Å². The molecule has 2 heteroatoms. The van der Waals surface area contributed by atoms with E-state index in [2.05, 4.69) is 12.2 Å². The maximum Gasteiger partial charge on any atom is 0.00721 e. The Morgan fingerprint density at radius 3 is 2.46 bits per heavy atom. The second-order valence-corrected chi connectivity index (χ2v) is 4.43. The molecule has 0 bridgehead atoms. The molecule has 1 rings (SSSR count). The minimum absolute atomic E-state index is 0.838. The van der Waals surface area contributed by atoms with Crippen molar-refractivity contribution in [1.82, 2.24) is 5.32 Å². The molecular formula is C11H24N2. The third kappa shape index (κ3) is 4.63. The Kier molecular flexibility index (Phi) is 5.40. The molecule has 0 radical (unpaired) electrons. The van der Waals surface area contributed by atoms with Gasteiger partial charge in [-0.25, -0.2) is 0 Å². The molecule has 0 atom stereocenters. The highest BCUT2D eigenvalue weighted by atomic mass is 14.9. The van der Waals surface area contributed by atoms with Crippen LogP contribution >= 0.6 is 0 Å². The monoisotopic (exact) mass is 184 g/mol. The van der Waals surface area contributed by atoms with Crippen LogP contribution in [0.5, 0.6) is 0 Å². The van der Waals surface area contributed by atoms with Gasteiger partial charge in [-0.3, -0.25) is 0 Å². The summed E-state index contributed by atoms with van der Waals surface area (Å²) in [5, 5.41) is 3.60. The summed E-state index contributed by atoms with van der Waals surface area (Å²) in [5.74, 6) is 0.967. The fourth-order valence-electron chi connectivity index (χ4n) is 2.00. The van der Waals surface area contributed by atoms with Gasteiger partial charge in [0, 0.05) is 6.04 Å². The number of unbranched alkanes of at least 4 members (excludes halogenated alkanes) is 3. The molecule has 0 saturated heterocycles. The number of rotatable bonds is 7. The van der Waals surface area contributed by atoms with Crippen molar-refractivity contribution in [2.75, 3.05) is 13.1 Å². The van der Waals surface area contributed by atoms with E-state index in [0.29, 0.717) is 0 Å². The molecular weight excluding hydrogens is 160 g/mol. The van der Waals surface area contributed by atoms with E-state index < -0.39 is 0 Å². The lowest BCUT2D eigenvalue weighted by Gasteiger charge is -2.33. The molecule has 13 heavy (non-hydrogen) atoms. The second-order valence-electron chi connectivity index (χ2n) is 4.43. The zero-order chi connectivity index (χ0) is 9.52. The molecule has 1 saturated carbocycles. The zero-order valence-corrected chi connectivity index (χ0v) is 8.89. The van der Waals surface area contributed by atoms with Crippen LogP contribution in [0.3, 0.4) is 0 Å². The molecule has 0 aliphatic heterocycles. The van der Waals surface area contributed by atoms with Crippen LogP contribution in [0.1, 0.15) is 45.4 Å². The highest BCUT2D eigenvalue weighted by Gasteiger charge is 2.23. The SMILES string of the molecule is CC1CC(NCCCCCCN)C1. The first-order valence-electron chi connectivity index (χ1n) is 5.76. The summed E-state index contributed by atoms with van der Waals surface area (Å²) in [6.07, 6.45) is 7.95. The number of hydrogen-bond acceptors (Lipinski definition) is 2.